The Morgan fingerprint density at radius 1 is 1.15 bits per heavy atom. The number of amides is 1. The summed E-state index contributed by atoms with van der Waals surface area (Å²) in [5.74, 6) is -0.436. The maximum atomic E-state index is 13.3. The molecule has 0 saturated carbocycles. The average Bonchev–Trinajstić information content (AvgIpc) is 2.62. The highest BCUT2D eigenvalue weighted by Gasteiger charge is 2.25. The molecule has 26 heavy (non-hydrogen) atoms. The third-order valence-electron chi connectivity index (χ3n) is 4.69. The van der Waals surface area contributed by atoms with Gasteiger partial charge in [-0.05, 0) is 30.7 Å². The second kappa shape index (κ2) is 7.61. The van der Waals surface area contributed by atoms with Gasteiger partial charge in [-0.15, -0.1) is 0 Å². The van der Waals surface area contributed by atoms with Gasteiger partial charge < -0.3 is 4.90 Å². The van der Waals surface area contributed by atoms with E-state index in [1.165, 1.54) is 18.2 Å². The molecule has 1 aliphatic heterocycles. The van der Waals surface area contributed by atoms with Crippen molar-refractivity contribution in [3.63, 3.8) is 0 Å². The minimum Gasteiger partial charge on any atom is -0.336 e. The third-order valence-corrected chi connectivity index (χ3v) is 4.69. The number of nitrogens with zero attached hydrogens (tertiary/aromatic N) is 3. The van der Waals surface area contributed by atoms with E-state index in [-0.39, 0.29) is 17.4 Å². The van der Waals surface area contributed by atoms with Gasteiger partial charge in [-0.25, -0.2) is 4.39 Å². The van der Waals surface area contributed by atoms with Gasteiger partial charge in [0.05, 0.1) is 4.92 Å². The molecule has 3 rings (SSSR count). The van der Waals surface area contributed by atoms with Crippen LogP contribution in [0, 0.1) is 22.9 Å². The van der Waals surface area contributed by atoms with Crippen LogP contribution in [-0.4, -0.2) is 46.8 Å². The normalized spacial score (nSPS) is 15.1. The van der Waals surface area contributed by atoms with Crippen LogP contribution in [0.3, 0.4) is 0 Å². The highest BCUT2D eigenvalue weighted by Crippen LogP contribution is 2.23. The van der Waals surface area contributed by atoms with E-state index in [0.29, 0.717) is 43.9 Å². The van der Waals surface area contributed by atoms with Crippen molar-refractivity contribution in [2.75, 3.05) is 26.2 Å². The monoisotopic (exact) mass is 357 g/mol. The number of rotatable bonds is 4. The minimum absolute atomic E-state index is 0.0411. The van der Waals surface area contributed by atoms with Crippen LogP contribution >= 0.6 is 0 Å². The summed E-state index contributed by atoms with van der Waals surface area (Å²) >= 11 is 0. The van der Waals surface area contributed by atoms with Gasteiger partial charge >= 0.3 is 0 Å². The summed E-state index contributed by atoms with van der Waals surface area (Å²) in [6.45, 7) is 4.67. The van der Waals surface area contributed by atoms with Gasteiger partial charge in [-0.2, -0.15) is 0 Å². The molecule has 0 spiro atoms. The molecule has 1 amide bonds. The molecule has 1 aliphatic rings. The molecule has 1 saturated heterocycles. The van der Waals surface area contributed by atoms with Gasteiger partial charge in [0.25, 0.3) is 11.6 Å². The molecule has 0 N–H and O–H groups in total. The van der Waals surface area contributed by atoms with Crippen LogP contribution in [0.4, 0.5) is 10.1 Å². The van der Waals surface area contributed by atoms with Gasteiger partial charge in [0.2, 0.25) is 0 Å². The van der Waals surface area contributed by atoms with Crippen molar-refractivity contribution in [3.05, 3.63) is 75.1 Å². The molecule has 0 bridgehead atoms. The molecule has 136 valence electrons. The van der Waals surface area contributed by atoms with Gasteiger partial charge in [-0.3, -0.25) is 19.8 Å². The summed E-state index contributed by atoms with van der Waals surface area (Å²) in [4.78, 5) is 27.2. The Bertz CT molecular complexity index is 833. The predicted octanol–water partition coefficient (Wildman–Crippen LogP) is 3.00. The first-order chi connectivity index (χ1) is 12.5. The Morgan fingerprint density at radius 2 is 1.85 bits per heavy atom. The van der Waals surface area contributed by atoms with Crippen LogP contribution in [0.5, 0.6) is 0 Å². The standard InChI is InChI=1S/C19H20FN3O3/c1-14-17(6-3-7-18(14)23(25)26)19(24)22-10-8-21(9-11-22)13-15-4-2-5-16(20)12-15/h2-7,12H,8-11,13H2,1H3. The fraction of sp³-hybridized carbons (Fsp3) is 0.316. The Morgan fingerprint density at radius 3 is 2.50 bits per heavy atom. The highest BCUT2D eigenvalue weighted by molar-refractivity contribution is 5.96. The summed E-state index contributed by atoms with van der Waals surface area (Å²) < 4.78 is 13.3. The Balaban J connectivity index is 1.64. The van der Waals surface area contributed by atoms with E-state index in [4.69, 9.17) is 0 Å². The Labute approximate surface area is 151 Å². The maximum absolute atomic E-state index is 13.3. The van der Waals surface area contributed by atoms with Gasteiger partial charge in [0, 0.05) is 49.9 Å². The fourth-order valence-electron chi connectivity index (χ4n) is 3.23. The van der Waals surface area contributed by atoms with Crippen LogP contribution in [0.2, 0.25) is 0 Å². The Hall–Kier alpha value is -2.80. The van der Waals surface area contributed by atoms with Gasteiger partial charge in [-0.1, -0.05) is 18.2 Å². The van der Waals surface area contributed by atoms with Crippen molar-refractivity contribution in [2.24, 2.45) is 0 Å². The number of halogens is 1. The molecule has 2 aromatic carbocycles. The van der Waals surface area contributed by atoms with E-state index in [2.05, 4.69) is 4.90 Å². The number of carbonyl (C=O) groups is 1. The number of carbonyl (C=O) groups excluding carboxylic acids is 1. The van der Waals surface area contributed by atoms with Crippen LogP contribution < -0.4 is 0 Å². The van der Waals surface area contributed by atoms with Crippen molar-refractivity contribution < 1.29 is 14.1 Å². The molecule has 0 radical (unpaired) electrons. The molecule has 1 fully saturated rings. The molecule has 0 atom stereocenters. The molecule has 0 aromatic heterocycles. The first kappa shape index (κ1) is 18.0. The lowest BCUT2D eigenvalue weighted by Crippen LogP contribution is -2.48. The molecule has 6 nitrogen and oxygen atoms in total. The molecular weight excluding hydrogens is 337 g/mol. The summed E-state index contributed by atoms with van der Waals surface area (Å²) in [6.07, 6.45) is 0. The molecule has 2 aromatic rings. The predicted molar refractivity (Wildman–Crippen MR) is 95.4 cm³/mol. The summed E-state index contributed by atoms with van der Waals surface area (Å²) in [7, 11) is 0. The number of hydrogen-bond acceptors (Lipinski definition) is 4. The molecule has 0 aliphatic carbocycles. The number of piperazine rings is 1. The van der Waals surface area contributed by atoms with E-state index in [0.717, 1.165) is 5.56 Å². The van der Waals surface area contributed by atoms with E-state index >= 15 is 0 Å². The quantitative estimate of drug-likeness (QED) is 0.623. The van der Waals surface area contributed by atoms with E-state index < -0.39 is 4.92 Å². The molecule has 1 heterocycles. The zero-order valence-corrected chi connectivity index (χ0v) is 14.5. The lowest BCUT2D eigenvalue weighted by Gasteiger charge is -2.35. The van der Waals surface area contributed by atoms with Gasteiger partial charge in [0.15, 0.2) is 0 Å². The molecule has 0 unspecified atom stereocenters. The van der Waals surface area contributed by atoms with Crippen LogP contribution in [0.25, 0.3) is 0 Å². The summed E-state index contributed by atoms with van der Waals surface area (Å²) in [6, 6.07) is 11.1. The van der Waals surface area contributed by atoms with E-state index in [9.17, 15) is 19.3 Å². The average molecular weight is 357 g/mol. The first-order valence-corrected chi connectivity index (χ1v) is 8.46. The van der Waals surface area contributed by atoms with Crippen LogP contribution in [-0.2, 0) is 6.54 Å². The number of nitro benzene ring substituents is 1. The van der Waals surface area contributed by atoms with Crippen LogP contribution in [0.15, 0.2) is 42.5 Å². The number of benzene rings is 2. The highest BCUT2D eigenvalue weighted by atomic mass is 19.1. The number of hydrogen-bond donors (Lipinski definition) is 0. The minimum atomic E-state index is -0.469. The zero-order valence-electron chi connectivity index (χ0n) is 14.5. The van der Waals surface area contributed by atoms with Crippen LogP contribution in [0.1, 0.15) is 21.5 Å². The largest absolute Gasteiger partial charge is 0.336 e. The SMILES string of the molecule is Cc1c(C(=O)N2CCN(Cc3cccc(F)c3)CC2)cccc1[N+](=O)[O-]. The molecule has 7 heteroatoms. The van der Waals surface area contributed by atoms with Crippen molar-refractivity contribution >= 4 is 11.6 Å². The number of nitro groups is 1. The van der Waals surface area contributed by atoms with Crippen molar-refractivity contribution in [3.8, 4) is 0 Å². The fourth-order valence-corrected chi connectivity index (χ4v) is 3.23. The van der Waals surface area contributed by atoms with E-state index in [1.807, 2.05) is 6.07 Å². The first-order valence-electron chi connectivity index (χ1n) is 8.46. The second-order valence-corrected chi connectivity index (χ2v) is 6.41. The molecular formula is C19H20FN3O3. The summed E-state index contributed by atoms with van der Waals surface area (Å²) in [5, 5.41) is 11.1. The lowest BCUT2D eigenvalue weighted by molar-refractivity contribution is -0.385. The Kier molecular flexibility index (Phi) is 5.27. The van der Waals surface area contributed by atoms with Crippen molar-refractivity contribution in [1.82, 2.24) is 9.80 Å². The smallest absolute Gasteiger partial charge is 0.273 e. The topological polar surface area (TPSA) is 66.7 Å². The maximum Gasteiger partial charge on any atom is 0.273 e. The summed E-state index contributed by atoms with van der Waals surface area (Å²) in [5.41, 5.74) is 1.63. The third kappa shape index (κ3) is 3.88. The van der Waals surface area contributed by atoms with Gasteiger partial charge in [0.1, 0.15) is 5.82 Å². The van der Waals surface area contributed by atoms with E-state index in [1.54, 1.807) is 30.0 Å². The lowest BCUT2D eigenvalue weighted by atomic mass is 10.1. The second-order valence-electron chi connectivity index (χ2n) is 6.41. The van der Waals surface area contributed by atoms with Crippen molar-refractivity contribution in [2.45, 2.75) is 13.5 Å². The van der Waals surface area contributed by atoms with Crippen molar-refractivity contribution in [1.29, 1.82) is 0 Å². The zero-order chi connectivity index (χ0) is 18.7.